The van der Waals surface area contributed by atoms with E-state index in [1.54, 1.807) is 7.11 Å². The van der Waals surface area contributed by atoms with Crippen molar-refractivity contribution < 1.29 is 14.7 Å². The fraction of sp³-hybridized carbons (Fsp3) is 0.600. The minimum atomic E-state index is 0.0251. The summed E-state index contributed by atoms with van der Waals surface area (Å²) in [5.41, 5.74) is 5.49. The van der Waals surface area contributed by atoms with Crippen LogP contribution in [0.5, 0.6) is 0 Å². The largest absolute Gasteiger partial charge is 0.394 e. The third-order valence-electron chi connectivity index (χ3n) is 2.99. The first-order valence-electron chi connectivity index (χ1n) is 6.81. The monoisotopic (exact) mass is 267 g/mol. The van der Waals surface area contributed by atoms with Crippen molar-refractivity contribution >= 4 is 0 Å². The van der Waals surface area contributed by atoms with E-state index < -0.39 is 0 Å². The van der Waals surface area contributed by atoms with E-state index in [-0.39, 0.29) is 12.6 Å². The molecule has 1 unspecified atom stereocenters. The van der Waals surface area contributed by atoms with Crippen LogP contribution < -0.4 is 5.48 Å². The molecular weight excluding hydrogens is 242 g/mol. The van der Waals surface area contributed by atoms with E-state index in [1.165, 1.54) is 11.1 Å². The zero-order chi connectivity index (χ0) is 13.9. The van der Waals surface area contributed by atoms with Crippen LogP contribution in [0.4, 0.5) is 0 Å². The maximum absolute atomic E-state index is 8.75. The number of aryl methyl sites for hydroxylation is 1. The summed E-state index contributed by atoms with van der Waals surface area (Å²) in [6, 6.07) is 8.59. The second-order valence-electron chi connectivity index (χ2n) is 4.64. The first-order valence-corrected chi connectivity index (χ1v) is 6.81. The normalized spacial score (nSPS) is 12.6. The minimum absolute atomic E-state index is 0.0251. The fourth-order valence-electron chi connectivity index (χ4n) is 1.89. The molecule has 0 saturated heterocycles. The van der Waals surface area contributed by atoms with Crippen molar-refractivity contribution in [2.45, 2.75) is 32.2 Å². The zero-order valence-corrected chi connectivity index (χ0v) is 11.9. The number of benzene rings is 1. The van der Waals surface area contributed by atoms with Crippen molar-refractivity contribution in [1.82, 2.24) is 5.48 Å². The molecule has 1 atom stereocenters. The lowest BCUT2D eigenvalue weighted by Crippen LogP contribution is -2.23. The summed E-state index contributed by atoms with van der Waals surface area (Å²) in [7, 11) is 1.72. The van der Waals surface area contributed by atoms with E-state index in [4.69, 9.17) is 14.7 Å². The van der Waals surface area contributed by atoms with Crippen LogP contribution in [-0.2, 0) is 9.57 Å². The van der Waals surface area contributed by atoms with E-state index in [2.05, 4.69) is 36.7 Å². The molecule has 108 valence electrons. The van der Waals surface area contributed by atoms with Crippen LogP contribution in [0.1, 0.15) is 36.4 Å². The Morgan fingerprint density at radius 1 is 1.16 bits per heavy atom. The maximum atomic E-state index is 8.75. The van der Waals surface area contributed by atoms with Crippen molar-refractivity contribution in [3.8, 4) is 0 Å². The van der Waals surface area contributed by atoms with Gasteiger partial charge in [0, 0.05) is 13.7 Å². The van der Waals surface area contributed by atoms with Gasteiger partial charge in [0.15, 0.2) is 0 Å². The van der Waals surface area contributed by atoms with E-state index in [1.807, 2.05) is 0 Å². The predicted molar refractivity (Wildman–Crippen MR) is 75.8 cm³/mol. The predicted octanol–water partition coefficient (Wildman–Crippen LogP) is 2.37. The summed E-state index contributed by atoms with van der Waals surface area (Å²) in [5, 5.41) is 8.75. The molecule has 1 aromatic rings. The Morgan fingerprint density at radius 2 is 1.89 bits per heavy atom. The van der Waals surface area contributed by atoms with Crippen LogP contribution in [-0.4, -0.2) is 32.0 Å². The summed E-state index contributed by atoms with van der Waals surface area (Å²) >= 11 is 0. The molecule has 0 heterocycles. The lowest BCUT2D eigenvalue weighted by Gasteiger charge is -2.19. The molecular formula is C15H25NO3. The molecule has 0 aliphatic heterocycles. The molecule has 0 aromatic heterocycles. The SMILES string of the molecule is COCCCCC(NOCCO)c1ccc(C)cc1. The van der Waals surface area contributed by atoms with Gasteiger partial charge in [-0.3, -0.25) is 4.84 Å². The van der Waals surface area contributed by atoms with Crippen molar-refractivity contribution in [3.05, 3.63) is 35.4 Å². The zero-order valence-electron chi connectivity index (χ0n) is 11.9. The molecule has 1 aromatic carbocycles. The number of nitrogens with one attached hydrogen (secondary N) is 1. The third-order valence-corrected chi connectivity index (χ3v) is 2.99. The van der Waals surface area contributed by atoms with Gasteiger partial charge in [0.1, 0.15) is 0 Å². The maximum Gasteiger partial charge on any atom is 0.0913 e. The third kappa shape index (κ3) is 6.68. The van der Waals surface area contributed by atoms with Crippen LogP contribution in [0, 0.1) is 6.92 Å². The van der Waals surface area contributed by atoms with Gasteiger partial charge in [0.05, 0.1) is 19.3 Å². The van der Waals surface area contributed by atoms with Gasteiger partial charge >= 0.3 is 0 Å². The Labute approximate surface area is 115 Å². The van der Waals surface area contributed by atoms with Crippen molar-refractivity contribution in [1.29, 1.82) is 0 Å². The molecule has 4 heteroatoms. The number of hydrogen-bond donors (Lipinski definition) is 2. The highest BCUT2D eigenvalue weighted by molar-refractivity contribution is 5.23. The Kier molecular flexibility index (Phi) is 8.41. The van der Waals surface area contributed by atoms with Crippen molar-refractivity contribution in [3.63, 3.8) is 0 Å². The van der Waals surface area contributed by atoms with Gasteiger partial charge in [-0.25, -0.2) is 0 Å². The summed E-state index contributed by atoms with van der Waals surface area (Å²) in [6.45, 7) is 3.20. The van der Waals surface area contributed by atoms with Gasteiger partial charge in [-0.05, 0) is 31.7 Å². The Morgan fingerprint density at radius 3 is 2.53 bits per heavy atom. The van der Waals surface area contributed by atoms with Crippen LogP contribution in [0.25, 0.3) is 0 Å². The highest BCUT2D eigenvalue weighted by Crippen LogP contribution is 2.20. The highest BCUT2D eigenvalue weighted by Gasteiger charge is 2.10. The summed E-state index contributed by atoms with van der Waals surface area (Å²) in [5.74, 6) is 0. The molecule has 0 saturated carbocycles. The van der Waals surface area contributed by atoms with E-state index >= 15 is 0 Å². The van der Waals surface area contributed by atoms with Crippen molar-refractivity contribution in [2.24, 2.45) is 0 Å². The van der Waals surface area contributed by atoms with Gasteiger partial charge in [-0.1, -0.05) is 29.8 Å². The standard InChI is InChI=1S/C15H25NO3/c1-13-6-8-14(9-7-13)15(16-19-12-10-17)5-3-4-11-18-2/h6-9,15-17H,3-5,10-12H2,1-2H3. The molecule has 19 heavy (non-hydrogen) atoms. The van der Waals surface area contributed by atoms with Crippen LogP contribution in [0.15, 0.2) is 24.3 Å². The summed E-state index contributed by atoms with van der Waals surface area (Å²) < 4.78 is 5.06. The number of methoxy groups -OCH3 is 1. The smallest absolute Gasteiger partial charge is 0.0913 e. The number of hydroxylamine groups is 1. The minimum Gasteiger partial charge on any atom is -0.394 e. The Hall–Kier alpha value is -0.940. The summed E-state index contributed by atoms with van der Waals surface area (Å²) in [6.07, 6.45) is 3.10. The molecule has 0 bridgehead atoms. The van der Waals surface area contributed by atoms with Gasteiger partial charge in [0.2, 0.25) is 0 Å². The van der Waals surface area contributed by atoms with E-state index in [0.717, 1.165) is 25.9 Å². The summed E-state index contributed by atoms with van der Waals surface area (Å²) in [4.78, 5) is 5.26. The number of aliphatic hydroxyl groups excluding tert-OH is 1. The molecule has 2 N–H and O–H groups in total. The number of unbranched alkanes of at least 4 members (excludes halogenated alkanes) is 1. The van der Waals surface area contributed by atoms with Crippen LogP contribution >= 0.6 is 0 Å². The number of ether oxygens (including phenoxy) is 1. The molecule has 0 fully saturated rings. The number of rotatable bonds is 10. The van der Waals surface area contributed by atoms with E-state index in [9.17, 15) is 0 Å². The number of hydrogen-bond acceptors (Lipinski definition) is 4. The van der Waals surface area contributed by atoms with Gasteiger partial charge in [0.25, 0.3) is 0 Å². The Balaban J connectivity index is 2.49. The Bertz CT molecular complexity index is 327. The molecule has 0 aliphatic carbocycles. The molecule has 4 nitrogen and oxygen atoms in total. The fourth-order valence-corrected chi connectivity index (χ4v) is 1.89. The second-order valence-corrected chi connectivity index (χ2v) is 4.64. The van der Waals surface area contributed by atoms with Gasteiger partial charge < -0.3 is 9.84 Å². The second kappa shape index (κ2) is 9.92. The van der Waals surface area contributed by atoms with Crippen molar-refractivity contribution in [2.75, 3.05) is 26.9 Å². The topological polar surface area (TPSA) is 50.7 Å². The molecule has 0 radical (unpaired) electrons. The van der Waals surface area contributed by atoms with Gasteiger partial charge in [-0.2, -0.15) is 5.48 Å². The average molecular weight is 267 g/mol. The lowest BCUT2D eigenvalue weighted by molar-refractivity contribution is -0.00636. The van der Waals surface area contributed by atoms with Crippen LogP contribution in [0.3, 0.4) is 0 Å². The van der Waals surface area contributed by atoms with E-state index in [0.29, 0.717) is 6.61 Å². The first-order chi connectivity index (χ1) is 9.27. The quantitative estimate of drug-likeness (QED) is 0.505. The van der Waals surface area contributed by atoms with Gasteiger partial charge in [-0.15, -0.1) is 0 Å². The molecule has 1 rings (SSSR count). The molecule has 0 aliphatic rings. The first kappa shape index (κ1) is 16.1. The lowest BCUT2D eigenvalue weighted by atomic mass is 10.0. The number of aliphatic hydroxyl groups is 1. The van der Waals surface area contributed by atoms with Crippen LogP contribution in [0.2, 0.25) is 0 Å². The highest BCUT2D eigenvalue weighted by atomic mass is 16.6. The molecule has 0 amide bonds. The average Bonchev–Trinajstić information content (AvgIpc) is 2.43. The molecule has 0 spiro atoms.